The quantitative estimate of drug-likeness (QED) is 0.292. The van der Waals surface area contributed by atoms with Gasteiger partial charge in [0.15, 0.2) is 6.20 Å². The molecule has 0 bridgehead atoms. The molecule has 1 heterocycles. The molecule has 3 nitrogen and oxygen atoms in total. The molecule has 148 valence electrons. The molecule has 0 saturated carbocycles. The summed E-state index contributed by atoms with van der Waals surface area (Å²) >= 11 is 0. The molecule has 0 N–H and O–H groups in total. The molecule has 0 aliphatic heterocycles. The fourth-order valence-electron chi connectivity index (χ4n) is 3.98. The molecule has 1 aromatic heterocycles. The molecular formula is C28H20NO2+. The monoisotopic (exact) mass is 402 g/mol. The van der Waals surface area contributed by atoms with E-state index in [1.54, 1.807) is 16.7 Å². The van der Waals surface area contributed by atoms with Crippen LogP contribution in [0.5, 0.6) is 0 Å². The summed E-state index contributed by atoms with van der Waals surface area (Å²) in [6, 6.07) is 32.6. The smallest absolute Gasteiger partial charge is 0.261 e. The highest BCUT2D eigenvalue weighted by molar-refractivity contribution is 6.15. The summed E-state index contributed by atoms with van der Waals surface area (Å²) in [5.74, 6) is -0.128. The standard InChI is InChI=1S/C28H20NO2/c30-26(22-10-2-1-3-11-22)19-29-17-16-21-9-6-7-13-25(21)27(29)28(31)24-15-14-20-8-4-5-12-23(20)18-24/h1-18H,19H2/q+1. The van der Waals surface area contributed by atoms with Crippen LogP contribution >= 0.6 is 0 Å². The predicted molar refractivity (Wildman–Crippen MR) is 122 cm³/mol. The number of ketones is 2. The number of hydrogen-bond acceptors (Lipinski definition) is 2. The van der Waals surface area contributed by atoms with Gasteiger partial charge < -0.3 is 0 Å². The largest absolute Gasteiger partial charge is 0.287 e. The maximum Gasteiger partial charge on any atom is 0.261 e. The Morgan fingerprint density at radius 1 is 0.613 bits per heavy atom. The van der Waals surface area contributed by atoms with Crippen molar-refractivity contribution in [1.82, 2.24) is 0 Å². The van der Waals surface area contributed by atoms with E-state index < -0.39 is 0 Å². The molecule has 0 amide bonds. The zero-order valence-electron chi connectivity index (χ0n) is 16.9. The van der Waals surface area contributed by atoms with Crippen LogP contribution in [0.2, 0.25) is 0 Å². The molecular weight excluding hydrogens is 382 g/mol. The van der Waals surface area contributed by atoms with Gasteiger partial charge in [-0.3, -0.25) is 9.59 Å². The maximum absolute atomic E-state index is 13.7. The lowest BCUT2D eigenvalue weighted by Crippen LogP contribution is -2.43. The molecule has 31 heavy (non-hydrogen) atoms. The zero-order valence-corrected chi connectivity index (χ0v) is 16.9. The van der Waals surface area contributed by atoms with E-state index in [1.165, 1.54) is 0 Å². The van der Waals surface area contributed by atoms with Gasteiger partial charge in [0.05, 0.1) is 5.39 Å². The second kappa shape index (κ2) is 7.96. The van der Waals surface area contributed by atoms with Crippen LogP contribution in [0, 0.1) is 0 Å². The first-order valence-electron chi connectivity index (χ1n) is 10.2. The number of benzene rings is 4. The molecule has 4 aromatic carbocycles. The number of Topliss-reactive ketones (excluding diaryl/α,β-unsaturated/α-hetero) is 1. The third-order valence-corrected chi connectivity index (χ3v) is 5.57. The van der Waals surface area contributed by atoms with Crippen LogP contribution < -0.4 is 4.57 Å². The number of carbonyl (C=O) groups excluding carboxylic acids is 2. The molecule has 0 spiro atoms. The summed E-state index contributed by atoms with van der Waals surface area (Å²) in [6.07, 6.45) is 1.83. The minimum atomic E-state index is -0.0941. The summed E-state index contributed by atoms with van der Waals surface area (Å²) in [6.45, 7) is 0.101. The minimum absolute atomic E-state index is 0.0338. The Morgan fingerprint density at radius 2 is 1.29 bits per heavy atom. The predicted octanol–water partition coefficient (Wildman–Crippen LogP) is 5.39. The van der Waals surface area contributed by atoms with Crippen LogP contribution in [-0.4, -0.2) is 11.6 Å². The normalized spacial score (nSPS) is 11.0. The highest BCUT2D eigenvalue weighted by Gasteiger charge is 2.26. The van der Waals surface area contributed by atoms with Gasteiger partial charge in [-0.1, -0.05) is 84.9 Å². The van der Waals surface area contributed by atoms with Crippen molar-refractivity contribution in [2.75, 3.05) is 0 Å². The van der Waals surface area contributed by atoms with Crippen LogP contribution in [0.3, 0.4) is 0 Å². The molecule has 0 atom stereocenters. The number of aromatic nitrogens is 1. The van der Waals surface area contributed by atoms with Crippen molar-refractivity contribution in [3.63, 3.8) is 0 Å². The molecule has 0 unspecified atom stereocenters. The summed E-state index contributed by atoms with van der Waals surface area (Å²) in [4.78, 5) is 26.6. The summed E-state index contributed by atoms with van der Waals surface area (Å²) in [7, 11) is 0. The SMILES string of the molecule is O=C(C[n+]1ccc2ccccc2c1C(=O)c1ccc2ccccc2c1)c1ccccc1. The lowest BCUT2D eigenvalue weighted by Gasteiger charge is -2.08. The molecule has 0 aliphatic carbocycles. The Morgan fingerprint density at radius 3 is 2.10 bits per heavy atom. The third kappa shape index (κ3) is 3.62. The van der Waals surface area contributed by atoms with Gasteiger partial charge in [-0.05, 0) is 28.3 Å². The Balaban J connectivity index is 1.63. The van der Waals surface area contributed by atoms with E-state index in [1.807, 2.05) is 97.2 Å². The molecule has 0 fully saturated rings. The lowest BCUT2D eigenvalue weighted by molar-refractivity contribution is -0.683. The van der Waals surface area contributed by atoms with Gasteiger partial charge in [-0.15, -0.1) is 0 Å². The van der Waals surface area contributed by atoms with Crippen LogP contribution in [-0.2, 0) is 6.54 Å². The van der Waals surface area contributed by atoms with E-state index in [2.05, 4.69) is 0 Å². The van der Waals surface area contributed by atoms with Gasteiger partial charge >= 0.3 is 0 Å². The summed E-state index contributed by atoms with van der Waals surface area (Å²) < 4.78 is 1.77. The van der Waals surface area contributed by atoms with Crippen LogP contribution in [0.1, 0.15) is 26.4 Å². The fraction of sp³-hybridized carbons (Fsp3) is 0.0357. The van der Waals surface area contributed by atoms with E-state index in [0.717, 1.165) is 21.5 Å². The van der Waals surface area contributed by atoms with Crippen molar-refractivity contribution >= 4 is 33.1 Å². The van der Waals surface area contributed by atoms with Gasteiger partial charge in [0.1, 0.15) is 0 Å². The van der Waals surface area contributed by atoms with Gasteiger partial charge in [-0.25, -0.2) is 0 Å². The average Bonchev–Trinajstić information content (AvgIpc) is 2.83. The molecule has 0 radical (unpaired) electrons. The Hall–Kier alpha value is -4.11. The van der Waals surface area contributed by atoms with Crippen LogP contribution in [0.4, 0.5) is 0 Å². The van der Waals surface area contributed by atoms with E-state index in [4.69, 9.17) is 0 Å². The van der Waals surface area contributed by atoms with Gasteiger partial charge in [0, 0.05) is 17.2 Å². The molecule has 3 heteroatoms. The van der Waals surface area contributed by atoms with Gasteiger partial charge in [-0.2, -0.15) is 4.57 Å². The lowest BCUT2D eigenvalue weighted by atomic mass is 9.99. The first kappa shape index (κ1) is 18.9. The topological polar surface area (TPSA) is 38.0 Å². The van der Waals surface area contributed by atoms with E-state index in [-0.39, 0.29) is 18.1 Å². The number of hydrogen-bond donors (Lipinski definition) is 0. The summed E-state index contributed by atoms with van der Waals surface area (Å²) in [5, 5.41) is 3.91. The van der Waals surface area contributed by atoms with Crippen LogP contribution in [0.25, 0.3) is 21.5 Å². The van der Waals surface area contributed by atoms with Crippen molar-refractivity contribution < 1.29 is 14.2 Å². The summed E-state index contributed by atoms with van der Waals surface area (Å²) in [5.41, 5.74) is 1.76. The molecule has 0 saturated heterocycles. The zero-order chi connectivity index (χ0) is 21.2. The Labute approximate surface area is 180 Å². The van der Waals surface area contributed by atoms with Crippen molar-refractivity contribution in [2.45, 2.75) is 6.54 Å². The minimum Gasteiger partial charge on any atom is -0.287 e. The van der Waals surface area contributed by atoms with Gasteiger partial charge in [0.2, 0.25) is 12.3 Å². The second-order valence-electron chi connectivity index (χ2n) is 7.56. The van der Waals surface area contributed by atoms with E-state index >= 15 is 0 Å². The van der Waals surface area contributed by atoms with E-state index in [9.17, 15) is 9.59 Å². The first-order chi connectivity index (χ1) is 15.2. The average molecular weight is 402 g/mol. The second-order valence-corrected chi connectivity index (χ2v) is 7.56. The molecule has 0 aliphatic rings. The van der Waals surface area contributed by atoms with E-state index in [0.29, 0.717) is 16.8 Å². The number of rotatable bonds is 5. The molecule has 5 rings (SSSR count). The Kier molecular flexibility index (Phi) is 4.85. The van der Waals surface area contributed by atoms with Gasteiger partial charge in [0.25, 0.3) is 11.5 Å². The fourth-order valence-corrected chi connectivity index (χ4v) is 3.98. The number of pyridine rings is 1. The highest BCUT2D eigenvalue weighted by Crippen LogP contribution is 2.22. The number of nitrogens with zero attached hydrogens (tertiary/aromatic N) is 1. The maximum atomic E-state index is 13.7. The molecule has 5 aromatic rings. The van der Waals surface area contributed by atoms with Crippen molar-refractivity contribution in [3.8, 4) is 0 Å². The van der Waals surface area contributed by atoms with Crippen molar-refractivity contribution in [1.29, 1.82) is 0 Å². The third-order valence-electron chi connectivity index (χ3n) is 5.57. The van der Waals surface area contributed by atoms with Crippen molar-refractivity contribution in [2.24, 2.45) is 0 Å². The Bertz CT molecular complexity index is 1440. The number of fused-ring (bicyclic) bond motifs is 2. The van der Waals surface area contributed by atoms with Crippen LogP contribution in [0.15, 0.2) is 109 Å². The first-order valence-corrected chi connectivity index (χ1v) is 10.2. The van der Waals surface area contributed by atoms with Crippen molar-refractivity contribution in [3.05, 3.63) is 126 Å². The highest BCUT2D eigenvalue weighted by atomic mass is 16.1. The number of carbonyl (C=O) groups is 2.